The maximum absolute atomic E-state index is 4.15. The lowest BCUT2D eigenvalue weighted by molar-refractivity contribution is 0.228. The van der Waals surface area contributed by atoms with Crippen LogP contribution in [0.15, 0.2) is 24.5 Å². The number of nitrogens with one attached hydrogen (secondary N) is 1. The number of aromatic nitrogens is 1. The number of hydrogen-bond donors (Lipinski definition) is 1. The molecule has 0 bridgehead atoms. The van der Waals surface area contributed by atoms with Gasteiger partial charge in [0.05, 0.1) is 0 Å². The normalized spacial score (nSPS) is 18.5. The van der Waals surface area contributed by atoms with Crippen molar-refractivity contribution in [3.8, 4) is 0 Å². The van der Waals surface area contributed by atoms with E-state index in [4.69, 9.17) is 0 Å². The van der Waals surface area contributed by atoms with Gasteiger partial charge < -0.3 is 5.32 Å². The first kappa shape index (κ1) is 10.6. The fraction of sp³-hybridized carbons (Fsp3) is 0.615. The first-order chi connectivity index (χ1) is 7.40. The molecule has 0 saturated heterocycles. The maximum atomic E-state index is 4.15. The summed E-state index contributed by atoms with van der Waals surface area (Å²) in [5.41, 5.74) is 1.36. The van der Waals surface area contributed by atoms with Gasteiger partial charge in [0, 0.05) is 18.4 Å². The molecular weight excluding hydrogens is 184 g/mol. The Balaban J connectivity index is 1.80. The largest absolute Gasteiger partial charge is 0.317 e. The molecule has 1 aliphatic rings. The smallest absolute Gasteiger partial charge is 0.0299 e. The molecule has 1 fully saturated rings. The molecule has 1 atom stereocenters. The molecule has 1 aromatic heterocycles. The summed E-state index contributed by atoms with van der Waals surface area (Å²) in [6.07, 6.45) is 10.5. The van der Waals surface area contributed by atoms with E-state index in [1.807, 2.05) is 18.5 Å². The molecule has 2 nitrogen and oxygen atoms in total. The standard InChI is InChI=1S/C13H20N2/c1-14-13(12-5-2-6-12)8-7-11-4-3-9-15-10-11/h3-4,9-10,12-14H,2,5-8H2,1H3. The van der Waals surface area contributed by atoms with Gasteiger partial charge >= 0.3 is 0 Å². The molecule has 1 saturated carbocycles. The monoisotopic (exact) mass is 204 g/mol. The molecule has 2 rings (SSSR count). The minimum Gasteiger partial charge on any atom is -0.317 e. The molecule has 0 amide bonds. The number of aryl methyl sites for hydroxylation is 1. The fourth-order valence-electron chi connectivity index (χ4n) is 2.33. The zero-order valence-corrected chi connectivity index (χ0v) is 9.45. The molecule has 1 N–H and O–H groups in total. The molecule has 82 valence electrons. The van der Waals surface area contributed by atoms with E-state index >= 15 is 0 Å². The van der Waals surface area contributed by atoms with Gasteiger partial charge in [-0.05, 0) is 50.3 Å². The Morgan fingerprint density at radius 3 is 2.93 bits per heavy atom. The lowest BCUT2D eigenvalue weighted by Gasteiger charge is -2.33. The fourth-order valence-corrected chi connectivity index (χ4v) is 2.33. The molecule has 0 aliphatic heterocycles. The second kappa shape index (κ2) is 5.26. The summed E-state index contributed by atoms with van der Waals surface area (Å²) in [6.45, 7) is 0. The lowest BCUT2D eigenvalue weighted by atomic mass is 9.78. The Labute approximate surface area is 92.1 Å². The second-order valence-corrected chi connectivity index (χ2v) is 4.49. The van der Waals surface area contributed by atoms with E-state index in [1.165, 1.54) is 31.2 Å². The van der Waals surface area contributed by atoms with Crippen LogP contribution >= 0.6 is 0 Å². The van der Waals surface area contributed by atoms with Crippen LogP contribution in [0.3, 0.4) is 0 Å². The number of nitrogens with zero attached hydrogens (tertiary/aromatic N) is 1. The van der Waals surface area contributed by atoms with Gasteiger partial charge in [-0.2, -0.15) is 0 Å². The van der Waals surface area contributed by atoms with Crippen LogP contribution in [0.25, 0.3) is 0 Å². The van der Waals surface area contributed by atoms with E-state index in [0.717, 1.165) is 12.3 Å². The lowest BCUT2D eigenvalue weighted by Crippen LogP contribution is -2.37. The van der Waals surface area contributed by atoms with Gasteiger partial charge in [0.2, 0.25) is 0 Å². The van der Waals surface area contributed by atoms with Crippen molar-refractivity contribution in [1.82, 2.24) is 10.3 Å². The molecule has 0 spiro atoms. The molecule has 0 radical (unpaired) electrons. The van der Waals surface area contributed by atoms with Gasteiger partial charge in [0.1, 0.15) is 0 Å². The predicted molar refractivity (Wildman–Crippen MR) is 62.7 cm³/mol. The Morgan fingerprint density at radius 1 is 1.53 bits per heavy atom. The van der Waals surface area contributed by atoms with Crippen molar-refractivity contribution >= 4 is 0 Å². The van der Waals surface area contributed by atoms with Gasteiger partial charge in [0.15, 0.2) is 0 Å². The third-order valence-electron chi connectivity index (χ3n) is 3.56. The zero-order valence-electron chi connectivity index (χ0n) is 9.45. The molecule has 1 aliphatic carbocycles. The predicted octanol–water partition coefficient (Wildman–Crippen LogP) is 2.40. The minimum absolute atomic E-state index is 0.707. The average Bonchev–Trinajstić information content (AvgIpc) is 2.23. The number of hydrogen-bond acceptors (Lipinski definition) is 2. The topological polar surface area (TPSA) is 24.9 Å². The summed E-state index contributed by atoms with van der Waals surface area (Å²) in [7, 11) is 2.09. The summed E-state index contributed by atoms with van der Waals surface area (Å²) in [5, 5.41) is 3.45. The van der Waals surface area contributed by atoms with Crippen LogP contribution in [0.1, 0.15) is 31.2 Å². The van der Waals surface area contributed by atoms with E-state index < -0.39 is 0 Å². The molecule has 0 aromatic carbocycles. The van der Waals surface area contributed by atoms with Crippen LogP contribution in [0.5, 0.6) is 0 Å². The number of pyridine rings is 1. The Hall–Kier alpha value is -0.890. The van der Waals surface area contributed by atoms with Crippen molar-refractivity contribution in [1.29, 1.82) is 0 Å². The van der Waals surface area contributed by atoms with Crippen LogP contribution < -0.4 is 5.32 Å². The van der Waals surface area contributed by atoms with Crippen molar-refractivity contribution in [3.63, 3.8) is 0 Å². The first-order valence-corrected chi connectivity index (χ1v) is 5.96. The third kappa shape index (κ3) is 2.78. The van der Waals surface area contributed by atoms with E-state index in [-0.39, 0.29) is 0 Å². The van der Waals surface area contributed by atoms with Gasteiger partial charge in [-0.25, -0.2) is 0 Å². The first-order valence-electron chi connectivity index (χ1n) is 5.96. The van der Waals surface area contributed by atoms with Crippen molar-refractivity contribution in [2.45, 2.75) is 38.1 Å². The van der Waals surface area contributed by atoms with Gasteiger partial charge in [-0.3, -0.25) is 4.98 Å². The molecule has 1 heterocycles. The highest BCUT2D eigenvalue weighted by Crippen LogP contribution is 2.31. The quantitative estimate of drug-likeness (QED) is 0.796. The summed E-state index contributed by atoms with van der Waals surface area (Å²) < 4.78 is 0. The van der Waals surface area contributed by atoms with E-state index in [0.29, 0.717) is 6.04 Å². The van der Waals surface area contributed by atoms with E-state index in [2.05, 4.69) is 23.4 Å². The second-order valence-electron chi connectivity index (χ2n) is 4.49. The van der Waals surface area contributed by atoms with E-state index in [9.17, 15) is 0 Å². The van der Waals surface area contributed by atoms with Crippen molar-refractivity contribution in [2.75, 3.05) is 7.05 Å². The summed E-state index contributed by atoms with van der Waals surface area (Å²) in [4.78, 5) is 4.15. The Morgan fingerprint density at radius 2 is 2.40 bits per heavy atom. The minimum atomic E-state index is 0.707. The van der Waals surface area contributed by atoms with Crippen molar-refractivity contribution < 1.29 is 0 Å². The Bertz CT molecular complexity index is 280. The summed E-state index contributed by atoms with van der Waals surface area (Å²) >= 11 is 0. The summed E-state index contributed by atoms with van der Waals surface area (Å²) in [5.74, 6) is 0.923. The molecule has 15 heavy (non-hydrogen) atoms. The average molecular weight is 204 g/mol. The van der Waals surface area contributed by atoms with Crippen molar-refractivity contribution in [3.05, 3.63) is 30.1 Å². The molecular formula is C13H20N2. The number of rotatable bonds is 5. The molecule has 2 heteroatoms. The van der Waals surface area contributed by atoms with Crippen LogP contribution in [0, 0.1) is 5.92 Å². The SMILES string of the molecule is CNC(CCc1cccnc1)C1CCC1. The van der Waals surface area contributed by atoms with Crippen molar-refractivity contribution in [2.24, 2.45) is 5.92 Å². The Kier molecular flexibility index (Phi) is 3.73. The van der Waals surface area contributed by atoms with Gasteiger partial charge in [-0.1, -0.05) is 12.5 Å². The highest BCUT2D eigenvalue weighted by atomic mass is 14.9. The van der Waals surface area contributed by atoms with Crippen LogP contribution in [-0.4, -0.2) is 18.1 Å². The van der Waals surface area contributed by atoms with Crippen LogP contribution in [-0.2, 0) is 6.42 Å². The molecule has 1 unspecified atom stereocenters. The van der Waals surface area contributed by atoms with Gasteiger partial charge in [-0.15, -0.1) is 0 Å². The van der Waals surface area contributed by atoms with Crippen LogP contribution in [0.2, 0.25) is 0 Å². The van der Waals surface area contributed by atoms with E-state index in [1.54, 1.807) is 0 Å². The third-order valence-corrected chi connectivity index (χ3v) is 3.56. The van der Waals surface area contributed by atoms with Crippen LogP contribution in [0.4, 0.5) is 0 Å². The molecule has 1 aromatic rings. The highest BCUT2D eigenvalue weighted by molar-refractivity contribution is 5.08. The summed E-state index contributed by atoms with van der Waals surface area (Å²) in [6, 6.07) is 4.90. The maximum Gasteiger partial charge on any atom is 0.0299 e. The highest BCUT2D eigenvalue weighted by Gasteiger charge is 2.25. The van der Waals surface area contributed by atoms with Gasteiger partial charge in [0.25, 0.3) is 0 Å². The zero-order chi connectivity index (χ0) is 10.5.